The van der Waals surface area contributed by atoms with Crippen molar-refractivity contribution < 1.29 is 14.6 Å². The number of anilines is 1. The number of aromatic carboxylic acids is 1. The summed E-state index contributed by atoms with van der Waals surface area (Å²) >= 11 is 6.39. The van der Waals surface area contributed by atoms with Gasteiger partial charge >= 0.3 is 5.97 Å². The van der Waals surface area contributed by atoms with Crippen LogP contribution in [-0.2, 0) is 4.74 Å². The fourth-order valence-electron chi connectivity index (χ4n) is 3.10. The van der Waals surface area contributed by atoms with Crippen molar-refractivity contribution in [1.29, 1.82) is 0 Å². The summed E-state index contributed by atoms with van der Waals surface area (Å²) in [5.41, 5.74) is 3.46. The lowest BCUT2D eigenvalue weighted by Crippen LogP contribution is -2.36. The molecular weight excluding hydrogens is 342 g/mol. The Kier molecular flexibility index (Phi) is 4.07. The molecule has 2 heterocycles. The fraction of sp³-hybridized carbons (Fsp3) is 0.222. The van der Waals surface area contributed by atoms with Crippen molar-refractivity contribution in [2.24, 2.45) is 0 Å². The largest absolute Gasteiger partial charge is 0.476 e. The molecule has 0 radical (unpaired) electrons. The third kappa shape index (κ3) is 2.94. The molecule has 1 aromatic heterocycles. The Morgan fingerprint density at radius 1 is 1.20 bits per heavy atom. The zero-order valence-corrected chi connectivity index (χ0v) is 14.1. The Bertz CT molecular complexity index is 931. The van der Waals surface area contributed by atoms with Crippen molar-refractivity contribution in [3.05, 3.63) is 47.1 Å². The Morgan fingerprint density at radius 3 is 2.60 bits per heavy atom. The second-order valence-electron chi connectivity index (χ2n) is 5.90. The number of halogens is 1. The van der Waals surface area contributed by atoms with Crippen LogP contribution < -0.4 is 4.90 Å². The van der Waals surface area contributed by atoms with E-state index in [2.05, 4.69) is 27.2 Å². The molecule has 0 amide bonds. The first-order chi connectivity index (χ1) is 12.1. The van der Waals surface area contributed by atoms with Crippen LogP contribution in [0.3, 0.4) is 0 Å². The van der Waals surface area contributed by atoms with Gasteiger partial charge in [-0.25, -0.2) is 4.79 Å². The predicted octanol–water partition coefficient (Wildman–Crippen LogP) is 3.42. The van der Waals surface area contributed by atoms with Gasteiger partial charge in [-0.2, -0.15) is 5.10 Å². The van der Waals surface area contributed by atoms with Crippen molar-refractivity contribution in [3.63, 3.8) is 0 Å². The van der Waals surface area contributed by atoms with Gasteiger partial charge in [0.25, 0.3) is 0 Å². The number of morpholine rings is 1. The molecule has 0 aliphatic carbocycles. The molecule has 0 unspecified atom stereocenters. The molecule has 1 aliphatic heterocycles. The molecule has 25 heavy (non-hydrogen) atoms. The van der Waals surface area contributed by atoms with E-state index >= 15 is 0 Å². The number of rotatable bonds is 3. The number of fused-ring (bicyclic) bond motifs is 1. The van der Waals surface area contributed by atoms with Gasteiger partial charge in [0.15, 0.2) is 5.69 Å². The number of carboxylic acid groups (broad SMARTS) is 1. The van der Waals surface area contributed by atoms with Crippen LogP contribution in [0.4, 0.5) is 5.69 Å². The van der Waals surface area contributed by atoms with Crippen molar-refractivity contribution in [1.82, 2.24) is 10.2 Å². The van der Waals surface area contributed by atoms with Gasteiger partial charge in [-0.1, -0.05) is 23.7 Å². The van der Waals surface area contributed by atoms with Gasteiger partial charge in [0, 0.05) is 29.7 Å². The molecule has 0 spiro atoms. The maximum absolute atomic E-state index is 11.3. The van der Waals surface area contributed by atoms with E-state index in [1.54, 1.807) is 12.1 Å². The summed E-state index contributed by atoms with van der Waals surface area (Å²) in [6.07, 6.45) is 0. The normalized spacial score (nSPS) is 14.8. The standard InChI is InChI=1S/C18H16ClN3O3/c19-15-10-16-14(17(18(23)24)21-20-16)9-13(15)11-1-3-12(4-2-11)22-5-7-25-8-6-22/h1-4,9-10H,5-8H2,(H,20,21)(H,23,24). The molecule has 0 atom stereocenters. The van der Waals surface area contributed by atoms with E-state index in [-0.39, 0.29) is 5.69 Å². The van der Waals surface area contributed by atoms with Crippen LogP contribution in [0.1, 0.15) is 10.5 Å². The number of H-pyrrole nitrogens is 1. The molecule has 0 saturated carbocycles. The first kappa shape index (κ1) is 15.9. The Hall–Kier alpha value is -2.57. The summed E-state index contributed by atoms with van der Waals surface area (Å²) < 4.78 is 5.38. The summed E-state index contributed by atoms with van der Waals surface area (Å²) in [6, 6.07) is 11.6. The van der Waals surface area contributed by atoms with Crippen molar-refractivity contribution in [3.8, 4) is 11.1 Å². The Balaban J connectivity index is 1.72. The van der Waals surface area contributed by atoms with Crippen LogP contribution >= 0.6 is 11.6 Å². The summed E-state index contributed by atoms with van der Waals surface area (Å²) in [7, 11) is 0. The second-order valence-corrected chi connectivity index (χ2v) is 6.31. The second kappa shape index (κ2) is 6.38. The lowest BCUT2D eigenvalue weighted by atomic mass is 10.0. The third-order valence-electron chi connectivity index (χ3n) is 4.41. The lowest BCUT2D eigenvalue weighted by Gasteiger charge is -2.29. The number of carbonyl (C=O) groups is 1. The number of hydrogen-bond acceptors (Lipinski definition) is 4. The zero-order valence-electron chi connectivity index (χ0n) is 13.3. The number of ether oxygens (including phenoxy) is 1. The van der Waals surface area contributed by atoms with Gasteiger partial charge < -0.3 is 14.7 Å². The number of benzene rings is 2. The molecule has 1 aliphatic rings. The van der Waals surface area contributed by atoms with E-state index in [1.165, 1.54) is 0 Å². The number of nitrogens with one attached hydrogen (secondary N) is 1. The van der Waals surface area contributed by atoms with E-state index in [4.69, 9.17) is 16.3 Å². The van der Waals surface area contributed by atoms with Crippen molar-refractivity contribution in [2.45, 2.75) is 0 Å². The SMILES string of the molecule is O=C(O)c1n[nH]c2cc(Cl)c(-c3ccc(N4CCOCC4)cc3)cc12. The molecule has 1 fully saturated rings. The number of hydrogen-bond donors (Lipinski definition) is 2. The highest BCUT2D eigenvalue weighted by atomic mass is 35.5. The van der Waals surface area contributed by atoms with Gasteiger partial charge in [0.2, 0.25) is 0 Å². The number of aromatic nitrogens is 2. The van der Waals surface area contributed by atoms with E-state index in [1.807, 2.05) is 12.1 Å². The van der Waals surface area contributed by atoms with Gasteiger partial charge in [-0.15, -0.1) is 0 Å². The number of aromatic amines is 1. The molecule has 7 heteroatoms. The minimum Gasteiger partial charge on any atom is -0.476 e. The van der Waals surface area contributed by atoms with E-state index < -0.39 is 5.97 Å². The van der Waals surface area contributed by atoms with Crippen molar-refractivity contribution >= 4 is 34.2 Å². The summed E-state index contributed by atoms with van der Waals surface area (Å²) in [6.45, 7) is 3.23. The minimum atomic E-state index is -1.07. The molecule has 3 aromatic rings. The van der Waals surface area contributed by atoms with Crippen LogP contribution in [0.5, 0.6) is 0 Å². The average molecular weight is 358 g/mol. The van der Waals surface area contributed by atoms with E-state index in [9.17, 15) is 9.90 Å². The molecule has 4 rings (SSSR count). The highest BCUT2D eigenvalue weighted by molar-refractivity contribution is 6.34. The topological polar surface area (TPSA) is 78.4 Å². The molecule has 6 nitrogen and oxygen atoms in total. The molecule has 128 valence electrons. The van der Waals surface area contributed by atoms with Crippen LogP contribution in [0.2, 0.25) is 5.02 Å². The smallest absolute Gasteiger partial charge is 0.357 e. The van der Waals surface area contributed by atoms with Gasteiger partial charge in [0.1, 0.15) is 0 Å². The monoisotopic (exact) mass is 357 g/mol. The van der Waals surface area contributed by atoms with Crippen LogP contribution in [0.25, 0.3) is 22.0 Å². The van der Waals surface area contributed by atoms with Crippen molar-refractivity contribution in [2.75, 3.05) is 31.2 Å². The molecule has 2 aromatic carbocycles. The maximum Gasteiger partial charge on any atom is 0.357 e. The lowest BCUT2D eigenvalue weighted by molar-refractivity contribution is 0.0692. The van der Waals surface area contributed by atoms with E-state index in [0.717, 1.165) is 43.1 Å². The summed E-state index contributed by atoms with van der Waals surface area (Å²) in [5.74, 6) is -1.07. The van der Waals surface area contributed by atoms with Gasteiger partial charge in [-0.3, -0.25) is 5.10 Å². The predicted molar refractivity (Wildman–Crippen MR) is 96.5 cm³/mol. The highest BCUT2D eigenvalue weighted by Gasteiger charge is 2.16. The zero-order chi connectivity index (χ0) is 17.4. The van der Waals surface area contributed by atoms with Crippen LogP contribution in [-0.4, -0.2) is 47.6 Å². The average Bonchev–Trinajstić information content (AvgIpc) is 3.05. The summed E-state index contributed by atoms with van der Waals surface area (Å²) in [4.78, 5) is 13.6. The van der Waals surface area contributed by atoms with Crippen LogP contribution in [0, 0.1) is 0 Å². The minimum absolute atomic E-state index is 0.00199. The first-order valence-electron chi connectivity index (χ1n) is 7.97. The summed E-state index contributed by atoms with van der Waals surface area (Å²) in [5, 5.41) is 16.9. The third-order valence-corrected chi connectivity index (χ3v) is 4.72. The fourth-order valence-corrected chi connectivity index (χ4v) is 3.37. The first-order valence-corrected chi connectivity index (χ1v) is 8.35. The maximum atomic E-state index is 11.3. The van der Waals surface area contributed by atoms with Gasteiger partial charge in [-0.05, 0) is 29.8 Å². The Labute approximate surface area is 149 Å². The quantitative estimate of drug-likeness (QED) is 0.751. The van der Waals surface area contributed by atoms with Gasteiger partial charge in [0.05, 0.1) is 23.8 Å². The van der Waals surface area contributed by atoms with Crippen LogP contribution in [0.15, 0.2) is 36.4 Å². The highest BCUT2D eigenvalue weighted by Crippen LogP contribution is 2.33. The molecular formula is C18H16ClN3O3. The Morgan fingerprint density at radius 2 is 1.92 bits per heavy atom. The molecule has 2 N–H and O–H groups in total. The number of nitrogens with zero attached hydrogens (tertiary/aromatic N) is 2. The van der Waals surface area contributed by atoms with E-state index in [0.29, 0.717) is 15.9 Å². The molecule has 1 saturated heterocycles. The number of carboxylic acids is 1. The molecule has 0 bridgehead atoms.